The molecule has 0 aromatic carbocycles. The summed E-state index contributed by atoms with van der Waals surface area (Å²) in [5.41, 5.74) is 1.28. The molecule has 0 fully saturated rings. The molecule has 1 heterocycles. The molecule has 17 heavy (non-hydrogen) atoms. The first kappa shape index (κ1) is 14.1. The zero-order valence-corrected chi connectivity index (χ0v) is 10.7. The van der Waals surface area contributed by atoms with E-state index in [0.29, 0.717) is 19.3 Å². The molecule has 1 aromatic heterocycles. The van der Waals surface area contributed by atoms with E-state index < -0.39 is 0 Å². The highest BCUT2D eigenvalue weighted by atomic mass is 16.5. The molecule has 0 bridgehead atoms. The van der Waals surface area contributed by atoms with Crippen LogP contribution in [0.15, 0.2) is 24.5 Å². The number of nitrogens with zero attached hydrogens (tertiary/aromatic N) is 2. The molecule has 0 radical (unpaired) electrons. The van der Waals surface area contributed by atoms with Crippen LogP contribution in [0.25, 0.3) is 0 Å². The van der Waals surface area contributed by atoms with Gasteiger partial charge in [-0.2, -0.15) is 0 Å². The van der Waals surface area contributed by atoms with Crippen LogP contribution in [0, 0.1) is 0 Å². The van der Waals surface area contributed by atoms with Crippen LogP contribution in [0.1, 0.15) is 24.9 Å². The third-order valence-corrected chi connectivity index (χ3v) is 2.83. The smallest absolute Gasteiger partial charge is 0.0698 e. The Labute approximate surface area is 103 Å². The molecule has 0 saturated heterocycles. The predicted molar refractivity (Wildman–Crippen MR) is 67.8 cm³/mol. The topological polar surface area (TPSA) is 45.6 Å². The summed E-state index contributed by atoms with van der Waals surface area (Å²) in [4.78, 5) is 6.31. The van der Waals surface area contributed by atoms with Crippen molar-refractivity contribution in [2.75, 3.05) is 33.4 Å². The maximum Gasteiger partial charge on any atom is 0.0698 e. The normalized spacial score (nSPS) is 12.9. The fourth-order valence-electron chi connectivity index (χ4n) is 1.92. The molecule has 96 valence electrons. The van der Waals surface area contributed by atoms with Gasteiger partial charge in [0, 0.05) is 25.0 Å². The standard InChI is InChI=1S/C13H22N2O2/c1-3-13(12-4-6-14-7-5-12)15(2)8-10-17-11-9-16/h4-7,13,16H,3,8-11H2,1-2H3. The van der Waals surface area contributed by atoms with Crippen molar-refractivity contribution in [2.24, 2.45) is 0 Å². The highest BCUT2D eigenvalue weighted by Crippen LogP contribution is 2.21. The lowest BCUT2D eigenvalue weighted by Crippen LogP contribution is -2.28. The highest BCUT2D eigenvalue weighted by molar-refractivity contribution is 5.14. The molecule has 1 unspecified atom stereocenters. The third kappa shape index (κ3) is 4.81. The Bertz CT molecular complexity index is 293. The number of aliphatic hydroxyl groups excluding tert-OH is 1. The SMILES string of the molecule is CCC(c1ccncc1)N(C)CCOCCO. The van der Waals surface area contributed by atoms with Gasteiger partial charge in [-0.25, -0.2) is 0 Å². The average molecular weight is 238 g/mol. The summed E-state index contributed by atoms with van der Waals surface area (Å²) in [6.07, 6.45) is 4.71. The van der Waals surface area contributed by atoms with Crippen molar-refractivity contribution in [3.8, 4) is 0 Å². The van der Waals surface area contributed by atoms with Crippen LogP contribution in [-0.4, -0.2) is 48.4 Å². The van der Waals surface area contributed by atoms with Crippen molar-refractivity contribution in [3.05, 3.63) is 30.1 Å². The summed E-state index contributed by atoms with van der Waals surface area (Å²) in [6, 6.07) is 4.51. The van der Waals surface area contributed by atoms with Crippen molar-refractivity contribution in [1.29, 1.82) is 0 Å². The van der Waals surface area contributed by atoms with E-state index in [1.807, 2.05) is 12.4 Å². The molecule has 1 rings (SSSR count). The van der Waals surface area contributed by atoms with E-state index in [1.165, 1.54) is 5.56 Å². The van der Waals surface area contributed by atoms with Gasteiger partial charge in [0.1, 0.15) is 0 Å². The predicted octanol–water partition coefficient (Wildman–Crippen LogP) is 1.47. The minimum absolute atomic E-state index is 0.0886. The lowest BCUT2D eigenvalue weighted by molar-refractivity contribution is 0.0697. The fourth-order valence-corrected chi connectivity index (χ4v) is 1.92. The number of hydrogen-bond donors (Lipinski definition) is 1. The van der Waals surface area contributed by atoms with Crippen molar-refractivity contribution < 1.29 is 9.84 Å². The summed E-state index contributed by atoms with van der Waals surface area (Å²) in [5.74, 6) is 0. The lowest BCUT2D eigenvalue weighted by Gasteiger charge is -2.27. The Balaban J connectivity index is 2.44. The molecule has 1 aromatic rings. The monoisotopic (exact) mass is 238 g/mol. The van der Waals surface area contributed by atoms with E-state index in [9.17, 15) is 0 Å². The van der Waals surface area contributed by atoms with Crippen molar-refractivity contribution >= 4 is 0 Å². The van der Waals surface area contributed by atoms with Crippen LogP contribution in [-0.2, 0) is 4.74 Å². The minimum atomic E-state index is 0.0886. The average Bonchev–Trinajstić information content (AvgIpc) is 2.37. The van der Waals surface area contributed by atoms with E-state index in [2.05, 4.69) is 36.0 Å². The first-order valence-electron chi connectivity index (χ1n) is 6.08. The van der Waals surface area contributed by atoms with Gasteiger partial charge >= 0.3 is 0 Å². The molecule has 1 N–H and O–H groups in total. The van der Waals surface area contributed by atoms with Crippen molar-refractivity contribution in [2.45, 2.75) is 19.4 Å². The van der Waals surface area contributed by atoms with E-state index in [4.69, 9.17) is 9.84 Å². The van der Waals surface area contributed by atoms with Gasteiger partial charge < -0.3 is 9.84 Å². The molecule has 4 nitrogen and oxygen atoms in total. The van der Waals surface area contributed by atoms with Gasteiger partial charge in [0.25, 0.3) is 0 Å². The summed E-state index contributed by atoms with van der Waals surface area (Å²) in [7, 11) is 2.09. The van der Waals surface area contributed by atoms with Gasteiger partial charge in [0.15, 0.2) is 0 Å². The van der Waals surface area contributed by atoms with Crippen LogP contribution < -0.4 is 0 Å². The Morgan fingerprint density at radius 1 is 1.35 bits per heavy atom. The number of pyridine rings is 1. The number of hydrogen-bond acceptors (Lipinski definition) is 4. The molecule has 0 aliphatic heterocycles. The molecular formula is C13H22N2O2. The quantitative estimate of drug-likeness (QED) is 0.697. The molecule has 0 amide bonds. The largest absolute Gasteiger partial charge is 0.394 e. The Hall–Kier alpha value is -0.970. The van der Waals surface area contributed by atoms with Gasteiger partial charge in [-0.15, -0.1) is 0 Å². The van der Waals surface area contributed by atoms with Crippen molar-refractivity contribution in [1.82, 2.24) is 9.88 Å². The van der Waals surface area contributed by atoms with Crippen LogP contribution in [0.5, 0.6) is 0 Å². The Kier molecular flexibility index (Phi) is 6.77. The molecule has 1 atom stereocenters. The highest BCUT2D eigenvalue weighted by Gasteiger charge is 2.14. The van der Waals surface area contributed by atoms with E-state index in [1.54, 1.807) is 0 Å². The molecule has 0 saturated carbocycles. The summed E-state index contributed by atoms with van der Waals surface area (Å²) in [5, 5.41) is 8.62. The zero-order chi connectivity index (χ0) is 12.5. The summed E-state index contributed by atoms with van der Waals surface area (Å²) in [6.45, 7) is 4.20. The second-order valence-corrected chi connectivity index (χ2v) is 4.02. The van der Waals surface area contributed by atoms with Gasteiger partial charge in [-0.1, -0.05) is 6.92 Å². The van der Waals surface area contributed by atoms with Crippen molar-refractivity contribution in [3.63, 3.8) is 0 Å². The summed E-state index contributed by atoms with van der Waals surface area (Å²) < 4.78 is 5.28. The number of aromatic nitrogens is 1. The lowest BCUT2D eigenvalue weighted by atomic mass is 10.1. The second-order valence-electron chi connectivity index (χ2n) is 4.02. The molecule has 0 spiro atoms. The number of ether oxygens (including phenoxy) is 1. The van der Waals surface area contributed by atoms with E-state index in [-0.39, 0.29) is 6.61 Å². The van der Waals surface area contributed by atoms with Crippen LogP contribution >= 0.6 is 0 Å². The number of aliphatic hydroxyl groups is 1. The minimum Gasteiger partial charge on any atom is -0.394 e. The van der Waals surface area contributed by atoms with E-state index in [0.717, 1.165) is 13.0 Å². The number of likely N-dealkylation sites (N-methyl/N-ethyl adjacent to an activating group) is 1. The Morgan fingerprint density at radius 3 is 2.65 bits per heavy atom. The molecule has 4 heteroatoms. The van der Waals surface area contributed by atoms with Crippen LogP contribution in [0.2, 0.25) is 0 Å². The fraction of sp³-hybridized carbons (Fsp3) is 0.615. The van der Waals surface area contributed by atoms with Gasteiger partial charge in [-0.05, 0) is 31.2 Å². The molecule has 0 aliphatic rings. The van der Waals surface area contributed by atoms with Gasteiger partial charge in [0.05, 0.1) is 19.8 Å². The molecule has 0 aliphatic carbocycles. The Morgan fingerprint density at radius 2 is 2.06 bits per heavy atom. The first-order valence-corrected chi connectivity index (χ1v) is 6.08. The maximum atomic E-state index is 8.62. The third-order valence-electron chi connectivity index (χ3n) is 2.83. The van der Waals surface area contributed by atoms with E-state index >= 15 is 0 Å². The maximum absolute atomic E-state index is 8.62. The molecular weight excluding hydrogens is 216 g/mol. The number of rotatable bonds is 8. The van der Waals surface area contributed by atoms with Crippen LogP contribution in [0.4, 0.5) is 0 Å². The van der Waals surface area contributed by atoms with Crippen LogP contribution in [0.3, 0.4) is 0 Å². The van der Waals surface area contributed by atoms with Gasteiger partial charge in [-0.3, -0.25) is 9.88 Å². The first-order chi connectivity index (χ1) is 8.29. The summed E-state index contributed by atoms with van der Waals surface area (Å²) >= 11 is 0. The zero-order valence-electron chi connectivity index (χ0n) is 10.7. The second kappa shape index (κ2) is 8.17. The van der Waals surface area contributed by atoms with Gasteiger partial charge in [0.2, 0.25) is 0 Å².